The first-order chi connectivity index (χ1) is 3.56. The van der Waals surface area contributed by atoms with Gasteiger partial charge in [-0.25, -0.2) is 0 Å². The van der Waals surface area contributed by atoms with E-state index in [2.05, 4.69) is 15.9 Å². The monoisotopic (exact) mass is 208 g/mol. The van der Waals surface area contributed by atoms with E-state index in [0.717, 1.165) is 0 Å². The van der Waals surface area contributed by atoms with Gasteiger partial charge in [0.05, 0.1) is 0 Å². The second-order valence-electron chi connectivity index (χ2n) is 0.983. The lowest BCUT2D eigenvalue weighted by Crippen LogP contribution is -2.01. The predicted molar refractivity (Wildman–Crippen MR) is 32.3 cm³/mol. The Bertz CT molecular complexity index is 62.0. The van der Waals surface area contributed by atoms with Crippen molar-refractivity contribution in [2.45, 2.75) is 5.51 Å². The maximum atomic E-state index is 11.2. The van der Waals surface area contributed by atoms with Crippen molar-refractivity contribution in [2.24, 2.45) is 0 Å². The summed E-state index contributed by atoms with van der Waals surface area (Å²) in [7, 11) is 0. The zero-order valence-electron chi connectivity index (χ0n) is 3.83. The van der Waals surface area contributed by atoms with Crippen molar-refractivity contribution < 1.29 is 13.2 Å². The van der Waals surface area contributed by atoms with Crippen molar-refractivity contribution in [2.75, 3.05) is 11.1 Å². The van der Waals surface area contributed by atoms with Crippen molar-refractivity contribution in [1.29, 1.82) is 0 Å². The second-order valence-corrected chi connectivity index (χ2v) is 2.94. The molecule has 0 unspecified atom stereocenters. The Morgan fingerprint density at radius 2 is 1.88 bits per heavy atom. The van der Waals surface area contributed by atoms with E-state index >= 15 is 0 Å². The Labute approximate surface area is 58.0 Å². The topological polar surface area (TPSA) is 0 Å². The van der Waals surface area contributed by atoms with E-state index in [1.54, 1.807) is 0 Å². The van der Waals surface area contributed by atoms with Gasteiger partial charge in [-0.2, -0.15) is 13.2 Å². The third-order valence-electron chi connectivity index (χ3n) is 0.343. The van der Waals surface area contributed by atoms with Gasteiger partial charge in [0.25, 0.3) is 0 Å². The van der Waals surface area contributed by atoms with Crippen LogP contribution in [0.1, 0.15) is 0 Å². The van der Waals surface area contributed by atoms with Crippen LogP contribution in [0.4, 0.5) is 13.2 Å². The van der Waals surface area contributed by atoms with Crippen LogP contribution in [0, 0.1) is 0 Å². The van der Waals surface area contributed by atoms with Crippen LogP contribution in [-0.2, 0) is 0 Å². The summed E-state index contributed by atoms with van der Waals surface area (Å²) >= 11 is 2.87. The molecular formula is C3H4BrF3S. The summed E-state index contributed by atoms with van der Waals surface area (Å²) in [5.41, 5.74) is -4.06. The van der Waals surface area contributed by atoms with Crippen LogP contribution < -0.4 is 0 Å². The van der Waals surface area contributed by atoms with Gasteiger partial charge in [-0.15, -0.1) is 0 Å². The molecule has 0 radical (unpaired) electrons. The third-order valence-corrected chi connectivity index (χ3v) is 2.00. The van der Waals surface area contributed by atoms with Crippen molar-refractivity contribution in [3.63, 3.8) is 0 Å². The minimum absolute atomic E-state index is 0.0133. The molecule has 0 aliphatic heterocycles. The van der Waals surface area contributed by atoms with Crippen LogP contribution in [-0.4, -0.2) is 16.6 Å². The average molecular weight is 209 g/mol. The third kappa shape index (κ3) is 6.62. The SMILES string of the molecule is FC(F)(F)SCCBr. The number of alkyl halides is 4. The summed E-state index contributed by atoms with van der Waals surface area (Å²) in [6, 6.07) is 0. The van der Waals surface area contributed by atoms with Crippen LogP contribution in [0.25, 0.3) is 0 Å². The van der Waals surface area contributed by atoms with Gasteiger partial charge in [-0.3, -0.25) is 0 Å². The fourth-order valence-electron chi connectivity index (χ4n) is 0.154. The Morgan fingerprint density at radius 1 is 1.38 bits per heavy atom. The zero-order chi connectivity index (χ0) is 6.62. The Hall–Kier alpha value is 0.620. The van der Waals surface area contributed by atoms with E-state index in [4.69, 9.17) is 0 Å². The van der Waals surface area contributed by atoms with Gasteiger partial charge in [0, 0.05) is 11.1 Å². The molecule has 0 nitrogen and oxygen atoms in total. The predicted octanol–water partition coefficient (Wildman–Crippen LogP) is 2.63. The first-order valence-electron chi connectivity index (χ1n) is 1.83. The highest BCUT2D eigenvalue weighted by atomic mass is 79.9. The minimum Gasteiger partial charge on any atom is -0.160 e. The molecule has 0 saturated heterocycles. The summed E-state index contributed by atoms with van der Waals surface area (Å²) in [6.45, 7) is 0. The molecular weight excluding hydrogens is 205 g/mol. The van der Waals surface area contributed by atoms with Crippen molar-refractivity contribution in [1.82, 2.24) is 0 Å². The van der Waals surface area contributed by atoms with Gasteiger partial charge in [0.1, 0.15) is 0 Å². The molecule has 0 amide bonds. The zero-order valence-corrected chi connectivity index (χ0v) is 6.24. The number of hydrogen-bond acceptors (Lipinski definition) is 1. The van der Waals surface area contributed by atoms with Crippen LogP contribution in [0.3, 0.4) is 0 Å². The maximum absolute atomic E-state index is 11.2. The number of thioether (sulfide) groups is 1. The molecule has 5 heteroatoms. The summed E-state index contributed by atoms with van der Waals surface area (Å²) in [5, 5.41) is 0.386. The van der Waals surface area contributed by atoms with Crippen molar-refractivity contribution in [3.05, 3.63) is 0 Å². The first-order valence-corrected chi connectivity index (χ1v) is 3.93. The van der Waals surface area contributed by atoms with Gasteiger partial charge >= 0.3 is 5.51 Å². The molecule has 8 heavy (non-hydrogen) atoms. The van der Waals surface area contributed by atoms with Crippen LogP contribution in [0.5, 0.6) is 0 Å². The quantitative estimate of drug-likeness (QED) is 0.630. The Morgan fingerprint density at radius 3 is 2.00 bits per heavy atom. The summed E-state index contributed by atoms with van der Waals surface area (Å²) in [6.07, 6.45) is 0. The van der Waals surface area contributed by atoms with Gasteiger partial charge in [-0.05, 0) is 0 Å². The average Bonchev–Trinajstić information content (AvgIpc) is 1.59. The van der Waals surface area contributed by atoms with E-state index < -0.39 is 5.51 Å². The largest absolute Gasteiger partial charge is 0.441 e. The van der Waals surface area contributed by atoms with E-state index in [1.165, 1.54) is 0 Å². The smallest absolute Gasteiger partial charge is 0.160 e. The molecule has 0 saturated carbocycles. The number of hydrogen-bond donors (Lipinski definition) is 0. The fraction of sp³-hybridized carbons (Fsp3) is 1.00. The summed E-state index contributed by atoms with van der Waals surface area (Å²) in [4.78, 5) is 0. The molecule has 0 spiro atoms. The Balaban J connectivity index is 3.11. The van der Waals surface area contributed by atoms with Gasteiger partial charge in [0.2, 0.25) is 0 Å². The second kappa shape index (κ2) is 3.61. The normalized spacial score (nSPS) is 12.0. The van der Waals surface area contributed by atoms with Crippen molar-refractivity contribution >= 4 is 27.7 Å². The van der Waals surface area contributed by atoms with E-state index in [0.29, 0.717) is 5.33 Å². The molecule has 0 rings (SSSR count). The molecule has 0 atom stereocenters. The molecule has 0 aromatic heterocycles. The van der Waals surface area contributed by atoms with E-state index in [-0.39, 0.29) is 17.5 Å². The fourth-order valence-corrected chi connectivity index (χ4v) is 0.949. The van der Waals surface area contributed by atoms with Gasteiger partial charge in [-0.1, -0.05) is 27.7 Å². The molecule has 0 aliphatic carbocycles. The molecule has 50 valence electrons. The van der Waals surface area contributed by atoms with E-state index in [9.17, 15) is 13.2 Å². The molecule has 0 bridgehead atoms. The lowest BCUT2D eigenvalue weighted by Gasteiger charge is -2.00. The minimum atomic E-state index is -4.06. The van der Waals surface area contributed by atoms with Crippen LogP contribution >= 0.6 is 27.7 Å². The lowest BCUT2D eigenvalue weighted by atomic mass is 11.0. The van der Waals surface area contributed by atoms with Gasteiger partial charge < -0.3 is 0 Å². The molecule has 0 heterocycles. The molecule has 0 fully saturated rings. The molecule has 0 aromatic carbocycles. The highest BCUT2D eigenvalue weighted by molar-refractivity contribution is 9.09. The highest BCUT2D eigenvalue weighted by Gasteiger charge is 2.26. The van der Waals surface area contributed by atoms with E-state index in [1.807, 2.05) is 0 Å². The highest BCUT2D eigenvalue weighted by Crippen LogP contribution is 2.29. The van der Waals surface area contributed by atoms with Gasteiger partial charge in [0.15, 0.2) is 0 Å². The van der Waals surface area contributed by atoms with Crippen LogP contribution in [0.2, 0.25) is 0 Å². The number of rotatable bonds is 2. The maximum Gasteiger partial charge on any atom is 0.441 e. The molecule has 0 aliphatic rings. The standard InChI is InChI=1S/C3H4BrF3S/c4-1-2-8-3(5,6)7/h1-2H2. The summed E-state index contributed by atoms with van der Waals surface area (Å²) in [5.74, 6) is 0.0868. The van der Waals surface area contributed by atoms with Crippen molar-refractivity contribution in [3.8, 4) is 0 Å². The lowest BCUT2D eigenvalue weighted by molar-refractivity contribution is -0.0326. The molecule has 0 N–H and O–H groups in total. The van der Waals surface area contributed by atoms with Crippen LogP contribution in [0.15, 0.2) is 0 Å². The first kappa shape index (κ1) is 8.62. The number of halogens is 4. The molecule has 0 aromatic rings. The summed E-state index contributed by atoms with van der Waals surface area (Å²) < 4.78 is 33.6. The Kier molecular flexibility index (Phi) is 3.89.